The van der Waals surface area contributed by atoms with Gasteiger partial charge in [-0.15, -0.1) is 0 Å². The predicted molar refractivity (Wildman–Crippen MR) is 114 cm³/mol. The van der Waals surface area contributed by atoms with Gasteiger partial charge in [0, 0.05) is 6.20 Å². The third-order valence-electron chi connectivity index (χ3n) is 4.96. The van der Waals surface area contributed by atoms with Crippen molar-refractivity contribution in [1.82, 2.24) is 4.98 Å². The maximum Gasteiger partial charge on any atom is 0.337 e. The number of carboxylic acids is 1. The minimum absolute atomic E-state index is 0.149. The molecule has 0 saturated heterocycles. The summed E-state index contributed by atoms with van der Waals surface area (Å²) >= 11 is 0. The molecule has 0 spiro atoms. The summed E-state index contributed by atoms with van der Waals surface area (Å²) in [6.45, 7) is 6.72. The predicted octanol–water partition coefficient (Wildman–Crippen LogP) is 3.86. The molecule has 0 bridgehead atoms. The second kappa shape index (κ2) is 8.08. The van der Waals surface area contributed by atoms with Crippen LogP contribution in [0.15, 0.2) is 79.0 Å². The zero-order valence-electron chi connectivity index (χ0n) is 16.4. The molecular weight excluding hydrogens is 366 g/mol. The zero-order valence-corrected chi connectivity index (χ0v) is 17.4. The Balaban J connectivity index is 2.13. The van der Waals surface area contributed by atoms with Crippen molar-refractivity contribution in [3.05, 3.63) is 90.3 Å². The fraction of sp³-hybridized carbons (Fsp3) is 0.217. The van der Waals surface area contributed by atoms with E-state index in [0.29, 0.717) is 5.69 Å². The van der Waals surface area contributed by atoms with Crippen LogP contribution >= 0.6 is 0 Å². The molecule has 2 aromatic carbocycles. The Morgan fingerprint density at radius 3 is 1.93 bits per heavy atom. The van der Waals surface area contributed by atoms with Gasteiger partial charge in [0.1, 0.15) is 0 Å². The van der Waals surface area contributed by atoms with Crippen molar-refractivity contribution in [2.24, 2.45) is 0 Å². The highest BCUT2D eigenvalue weighted by molar-refractivity contribution is 6.99. The Labute approximate surface area is 167 Å². The molecule has 0 radical (unpaired) electrons. The standard InChI is InChI=1S/C23H25NO3Si/c1-23(2,3)28(18-11-6-4-7-12-18,19-13-8-5-9-14-19)27-17-21-20(22(25)26)15-10-16-24-21/h4-16H,17H2,1-3H3,(H,25,26). The molecule has 0 unspecified atom stereocenters. The third-order valence-corrected chi connectivity index (χ3v) is 9.95. The number of carbonyl (C=O) groups is 1. The number of carboxylic acid groups (broad SMARTS) is 1. The Morgan fingerprint density at radius 2 is 1.46 bits per heavy atom. The first-order valence-electron chi connectivity index (χ1n) is 9.28. The summed E-state index contributed by atoms with van der Waals surface area (Å²) in [4.78, 5) is 15.9. The van der Waals surface area contributed by atoms with E-state index in [0.717, 1.165) is 10.4 Å². The van der Waals surface area contributed by atoms with Gasteiger partial charge in [0.25, 0.3) is 8.32 Å². The summed E-state index contributed by atoms with van der Waals surface area (Å²) < 4.78 is 6.76. The molecule has 5 heteroatoms. The highest BCUT2D eigenvalue weighted by Crippen LogP contribution is 2.37. The molecule has 4 nitrogen and oxygen atoms in total. The van der Waals surface area contributed by atoms with Crippen LogP contribution in [-0.4, -0.2) is 24.4 Å². The van der Waals surface area contributed by atoms with E-state index in [1.165, 1.54) is 0 Å². The monoisotopic (exact) mass is 391 g/mol. The first-order valence-corrected chi connectivity index (χ1v) is 11.2. The second-order valence-electron chi connectivity index (χ2n) is 7.75. The average molecular weight is 392 g/mol. The molecule has 1 aromatic heterocycles. The largest absolute Gasteiger partial charge is 0.478 e. The van der Waals surface area contributed by atoms with Crippen LogP contribution in [0.4, 0.5) is 0 Å². The number of rotatable bonds is 6. The summed E-state index contributed by atoms with van der Waals surface area (Å²) in [5.74, 6) is -0.992. The number of aromatic carboxylic acids is 1. The number of benzene rings is 2. The van der Waals surface area contributed by atoms with Gasteiger partial charge in [-0.1, -0.05) is 81.4 Å². The van der Waals surface area contributed by atoms with E-state index in [1.807, 2.05) is 36.4 Å². The van der Waals surface area contributed by atoms with E-state index in [4.69, 9.17) is 4.43 Å². The molecule has 0 aliphatic carbocycles. The van der Waals surface area contributed by atoms with E-state index in [1.54, 1.807) is 18.3 Å². The first kappa shape index (κ1) is 20.0. The van der Waals surface area contributed by atoms with Crippen molar-refractivity contribution in [2.75, 3.05) is 0 Å². The topological polar surface area (TPSA) is 59.4 Å². The van der Waals surface area contributed by atoms with Crippen molar-refractivity contribution >= 4 is 24.7 Å². The van der Waals surface area contributed by atoms with Crippen LogP contribution in [0, 0.1) is 0 Å². The van der Waals surface area contributed by atoms with Gasteiger partial charge < -0.3 is 9.53 Å². The van der Waals surface area contributed by atoms with Gasteiger partial charge in [0.2, 0.25) is 0 Å². The molecule has 144 valence electrons. The van der Waals surface area contributed by atoms with Gasteiger partial charge in [0.05, 0.1) is 17.9 Å². The lowest BCUT2D eigenvalue weighted by Gasteiger charge is -2.43. The summed E-state index contributed by atoms with van der Waals surface area (Å²) in [5, 5.41) is 11.6. The van der Waals surface area contributed by atoms with Crippen LogP contribution in [0.25, 0.3) is 0 Å². The highest BCUT2D eigenvalue weighted by Gasteiger charge is 2.50. The van der Waals surface area contributed by atoms with Crippen LogP contribution < -0.4 is 10.4 Å². The molecule has 3 rings (SSSR count). The molecule has 0 amide bonds. The molecule has 28 heavy (non-hydrogen) atoms. The lowest BCUT2D eigenvalue weighted by atomic mass is 10.2. The second-order valence-corrected chi connectivity index (χ2v) is 12.1. The minimum Gasteiger partial charge on any atom is -0.478 e. The number of aromatic nitrogens is 1. The van der Waals surface area contributed by atoms with Gasteiger partial charge in [-0.05, 0) is 27.5 Å². The molecule has 0 atom stereocenters. The van der Waals surface area contributed by atoms with E-state index < -0.39 is 14.3 Å². The SMILES string of the molecule is CC(C)(C)[Si](OCc1ncccc1C(=O)O)(c1ccccc1)c1ccccc1. The van der Waals surface area contributed by atoms with Crippen LogP contribution in [0.2, 0.25) is 5.04 Å². The summed E-state index contributed by atoms with van der Waals surface area (Å²) in [6, 6.07) is 23.8. The molecule has 1 N–H and O–H groups in total. The maximum absolute atomic E-state index is 11.6. The van der Waals surface area contributed by atoms with Crippen LogP contribution in [0.1, 0.15) is 36.8 Å². The zero-order chi connectivity index (χ0) is 20.2. The number of nitrogens with zero attached hydrogens (tertiary/aromatic N) is 1. The number of hydrogen-bond acceptors (Lipinski definition) is 3. The van der Waals surface area contributed by atoms with E-state index >= 15 is 0 Å². The highest BCUT2D eigenvalue weighted by atomic mass is 28.4. The third kappa shape index (κ3) is 3.77. The van der Waals surface area contributed by atoms with Crippen molar-refractivity contribution in [2.45, 2.75) is 32.4 Å². The molecule has 0 fully saturated rings. The van der Waals surface area contributed by atoms with E-state index in [-0.39, 0.29) is 17.2 Å². The van der Waals surface area contributed by atoms with Crippen molar-refractivity contribution in [1.29, 1.82) is 0 Å². The van der Waals surface area contributed by atoms with E-state index in [9.17, 15) is 9.90 Å². The van der Waals surface area contributed by atoms with Crippen LogP contribution in [-0.2, 0) is 11.0 Å². The molecule has 1 heterocycles. The Hall–Kier alpha value is -2.76. The number of pyridine rings is 1. The lowest BCUT2D eigenvalue weighted by Crippen LogP contribution is -2.66. The molecule has 0 aliphatic rings. The summed E-state index contributed by atoms with van der Waals surface area (Å²) in [5.41, 5.74) is 0.628. The normalized spacial score (nSPS) is 12.0. The Bertz CT molecular complexity index is 897. The fourth-order valence-corrected chi connectivity index (χ4v) is 8.19. The Kier molecular flexibility index (Phi) is 5.77. The van der Waals surface area contributed by atoms with Gasteiger partial charge in [-0.2, -0.15) is 0 Å². The van der Waals surface area contributed by atoms with E-state index in [2.05, 4.69) is 50.0 Å². The maximum atomic E-state index is 11.6. The van der Waals surface area contributed by atoms with Crippen molar-refractivity contribution < 1.29 is 14.3 Å². The summed E-state index contributed by atoms with van der Waals surface area (Å²) in [6.07, 6.45) is 1.61. The van der Waals surface area contributed by atoms with Gasteiger partial charge in [-0.25, -0.2) is 4.79 Å². The summed E-state index contributed by atoms with van der Waals surface area (Å²) in [7, 11) is -2.72. The first-order chi connectivity index (χ1) is 13.4. The smallest absolute Gasteiger partial charge is 0.337 e. The molecule has 0 aliphatic heterocycles. The number of hydrogen-bond donors (Lipinski definition) is 1. The minimum atomic E-state index is -2.72. The quantitative estimate of drug-likeness (QED) is 0.648. The van der Waals surface area contributed by atoms with Gasteiger partial charge in [-0.3, -0.25) is 4.98 Å². The van der Waals surface area contributed by atoms with Crippen molar-refractivity contribution in [3.8, 4) is 0 Å². The Morgan fingerprint density at radius 1 is 0.929 bits per heavy atom. The van der Waals surface area contributed by atoms with Crippen molar-refractivity contribution in [3.63, 3.8) is 0 Å². The average Bonchev–Trinajstić information content (AvgIpc) is 2.69. The molecular formula is C23H25NO3Si. The molecule has 3 aromatic rings. The van der Waals surface area contributed by atoms with Gasteiger partial charge >= 0.3 is 5.97 Å². The van der Waals surface area contributed by atoms with Crippen LogP contribution in [0.3, 0.4) is 0 Å². The van der Waals surface area contributed by atoms with Crippen LogP contribution in [0.5, 0.6) is 0 Å². The fourth-order valence-electron chi connectivity index (χ4n) is 3.69. The molecule has 0 saturated carbocycles. The lowest BCUT2D eigenvalue weighted by molar-refractivity contribution is 0.0693. The van der Waals surface area contributed by atoms with Gasteiger partial charge in [0.15, 0.2) is 0 Å².